The first-order valence-corrected chi connectivity index (χ1v) is 4.93. The van der Waals surface area contributed by atoms with Crippen LogP contribution in [0, 0.1) is 0 Å². The van der Waals surface area contributed by atoms with Crippen LogP contribution >= 0.6 is 11.6 Å². The van der Waals surface area contributed by atoms with E-state index in [2.05, 4.69) is 23.5 Å². The minimum Gasteiger partial charge on any atom is -0.321 e. The monoisotopic (exact) mass is 234 g/mol. The summed E-state index contributed by atoms with van der Waals surface area (Å²) in [4.78, 5) is 15.6. The lowest BCUT2D eigenvalue weighted by atomic mass is 10.3. The molecule has 82 valence electrons. The summed E-state index contributed by atoms with van der Waals surface area (Å²) < 4.78 is 0. The van der Waals surface area contributed by atoms with E-state index in [-0.39, 0.29) is 5.91 Å². The highest BCUT2D eigenvalue weighted by atomic mass is 35.5. The molecule has 0 atom stereocenters. The van der Waals surface area contributed by atoms with Crippen LogP contribution in [0.3, 0.4) is 0 Å². The molecule has 0 bridgehead atoms. The molecule has 0 aliphatic carbocycles. The Morgan fingerprint density at radius 3 is 2.69 bits per heavy atom. The molecule has 0 aliphatic rings. The van der Waals surface area contributed by atoms with Crippen molar-refractivity contribution in [3.8, 4) is 0 Å². The fourth-order valence-electron chi connectivity index (χ4n) is 0.993. The second-order valence-corrected chi connectivity index (χ2v) is 3.31. The van der Waals surface area contributed by atoms with E-state index in [1.54, 1.807) is 24.3 Å². The molecule has 0 fully saturated rings. The Kier molecular flexibility index (Phi) is 4.48. The Hall–Kier alpha value is -1.87. The first-order chi connectivity index (χ1) is 7.67. The van der Waals surface area contributed by atoms with Crippen molar-refractivity contribution in [3.05, 3.63) is 66.1 Å². The standard InChI is InChI=1S/C12H11ClN2O/c1-3-5-10(4-2)15-12(16)11-7-6-9(13)8-14-11/h3-8H,1-2H2,(H,15,16)/b10-5+. The summed E-state index contributed by atoms with van der Waals surface area (Å²) in [5, 5.41) is 3.12. The molecule has 0 aromatic carbocycles. The smallest absolute Gasteiger partial charge is 0.274 e. The number of hydrogen-bond acceptors (Lipinski definition) is 2. The summed E-state index contributed by atoms with van der Waals surface area (Å²) >= 11 is 5.66. The topological polar surface area (TPSA) is 42.0 Å². The van der Waals surface area contributed by atoms with Gasteiger partial charge in [-0.3, -0.25) is 4.79 Å². The second kappa shape index (κ2) is 5.88. The van der Waals surface area contributed by atoms with E-state index in [1.165, 1.54) is 12.3 Å². The molecular formula is C12H11ClN2O. The van der Waals surface area contributed by atoms with Gasteiger partial charge in [-0.25, -0.2) is 4.98 Å². The first kappa shape index (κ1) is 12.2. The van der Waals surface area contributed by atoms with Gasteiger partial charge in [-0.15, -0.1) is 0 Å². The van der Waals surface area contributed by atoms with E-state index in [0.717, 1.165) is 0 Å². The summed E-state index contributed by atoms with van der Waals surface area (Å²) in [5.41, 5.74) is 0.859. The van der Waals surface area contributed by atoms with Gasteiger partial charge in [0.05, 0.1) is 5.02 Å². The van der Waals surface area contributed by atoms with E-state index >= 15 is 0 Å². The maximum absolute atomic E-state index is 11.7. The number of halogens is 1. The minimum absolute atomic E-state index is 0.293. The fourth-order valence-corrected chi connectivity index (χ4v) is 1.10. The molecule has 1 aromatic heterocycles. The minimum atomic E-state index is -0.315. The van der Waals surface area contributed by atoms with Gasteiger partial charge < -0.3 is 5.32 Å². The van der Waals surface area contributed by atoms with Crippen molar-refractivity contribution in [1.82, 2.24) is 10.3 Å². The van der Waals surface area contributed by atoms with Gasteiger partial charge >= 0.3 is 0 Å². The van der Waals surface area contributed by atoms with Crippen molar-refractivity contribution >= 4 is 17.5 Å². The zero-order valence-electron chi connectivity index (χ0n) is 8.61. The van der Waals surface area contributed by atoms with E-state index in [4.69, 9.17) is 11.6 Å². The molecule has 0 spiro atoms. The molecule has 0 saturated carbocycles. The summed E-state index contributed by atoms with van der Waals surface area (Å²) in [5.74, 6) is -0.315. The fraction of sp³-hybridized carbons (Fsp3) is 0. The number of carbonyl (C=O) groups excluding carboxylic acids is 1. The quantitative estimate of drug-likeness (QED) is 0.814. The number of nitrogens with zero attached hydrogens (tertiary/aromatic N) is 1. The highest BCUT2D eigenvalue weighted by Crippen LogP contribution is 2.06. The van der Waals surface area contributed by atoms with Crippen molar-refractivity contribution < 1.29 is 4.79 Å². The Morgan fingerprint density at radius 2 is 2.19 bits per heavy atom. The molecule has 1 rings (SSSR count). The van der Waals surface area contributed by atoms with Crippen LogP contribution in [0.25, 0.3) is 0 Å². The number of rotatable bonds is 4. The highest BCUT2D eigenvalue weighted by Gasteiger charge is 2.06. The summed E-state index contributed by atoms with van der Waals surface area (Å²) in [6, 6.07) is 3.15. The molecular weight excluding hydrogens is 224 g/mol. The lowest BCUT2D eigenvalue weighted by molar-refractivity contribution is 0.0962. The number of amides is 1. The molecule has 1 heterocycles. The van der Waals surface area contributed by atoms with Crippen LogP contribution in [0.1, 0.15) is 10.5 Å². The zero-order chi connectivity index (χ0) is 12.0. The van der Waals surface area contributed by atoms with Crippen LogP contribution in [0.5, 0.6) is 0 Å². The number of allylic oxidation sites excluding steroid dienone is 3. The highest BCUT2D eigenvalue weighted by molar-refractivity contribution is 6.30. The Labute approximate surface area is 99.2 Å². The number of aromatic nitrogens is 1. The van der Waals surface area contributed by atoms with Crippen LogP contribution in [-0.4, -0.2) is 10.9 Å². The average Bonchev–Trinajstić information content (AvgIpc) is 2.29. The number of carbonyl (C=O) groups is 1. The van der Waals surface area contributed by atoms with Gasteiger partial charge in [0.15, 0.2) is 0 Å². The Bertz CT molecular complexity index is 435. The van der Waals surface area contributed by atoms with Gasteiger partial charge in [0.2, 0.25) is 0 Å². The van der Waals surface area contributed by atoms with Crippen LogP contribution in [0.4, 0.5) is 0 Å². The molecule has 1 aromatic rings. The van der Waals surface area contributed by atoms with Gasteiger partial charge in [-0.2, -0.15) is 0 Å². The maximum atomic E-state index is 11.7. The number of nitrogens with one attached hydrogen (secondary N) is 1. The van der Waals surface area contributed by atoms with Crippen molar-refractivity contribution in [3.63, 3.8) is 0 Å². The third-order valence-electron chi connectivity index (χ3n) is 1.74. The van der Waals surface area contributed by atoms with Gasteiger partial charge in [0.25, 0.3) is 5.91 Å². The Morgan fingerprint density at radius 1 is 1.44 bits per heavy atom. The van der Waals surface area contributed by atoms with Gasteiger partial charge in [-0.1, -0.05) is 30.8 Å². The second-order valence-electron chi connectivity index (χ2n) is 2.88. The molecule has 1 N–H and O–H groups in total. The van der Waals surface area contributed by atoms with E-state index < -0.39 is 0 Å². The third kappa shape index (κ3) is 3.37. The van der Waals surface area contributed by atoms with Gasteiger partial charge in [-0.05, 0) is 24.3 Å². The number of pyridine rings is 1. The molecule has 1 amide bonds. The first-order valence-electron chi connectivity index (χ1n) is 4.55. The van der Waals surface area contributed by atoms with E-state index in [0.29, 0.717) is 16.4 Å². The van der Waals surface area contributed by atoms with Crippen LogP contribution in [0.2, 0.25) is 5.02 Å². The van der Waals surface area contributed by atoms with Crippen LogP contribution < -0.4 is 5.32 Å². The molecule has 3 nitrogen and oxygen atoms in total. The van der Waals surface area contributed by atoms with Crippen molar-refractivity contribution in [2.75, 3.05) is 0 Å². The van der Waals surface area contributed by atoms with Gasteiger partial charge in [0.1, 0.15) is 5.69 Å². The molecule has 0 aliphatic heterocycles. The van der Waals surface area contributed by atoms with Gasteiger partial charge in [0, 0.05) is 11.9 Å². The summed E-state index contributed by atoms with van der Waals surface area (Å²) in [6.07, 6.45) is 6.14. The average molecular weight is 235 g/mol. The summed E-state index contributed by atoms with van der Waals surface area (Å²) in [6.45, 7) is 7.10. The molecule has 0 radical (unpaired) electrons. The SMILES string of the molecule is C=C/C=C(\C=C)NC(=O)c1ccc(Cl)cn1. The predicted octanol–water partition coefficient (Wildman–Crippen LogP) is 2.72. The zero-order valence-corrected chi connectivity index (χ0v) is 9.37. The van der Waals surface area contributed by atoms with Crippen molar-refractivity contribution in [2.45, 2.75) is 0 Å². The molecule has 16 heavy (non-hydrogen) atoms. The number of hydrogen-bond donors (Lipinski definition) is 1. The maximum Gasteiger partial charge on any atom is 0.274 e. The van der Waals surface area contributed by atoms with Crippen LogP contribution in [0.15, 0.2) is 55.4 Å². The normalized spacial score (nSPS) is 10.7. The molecule has 4 heteroatoms. The van der Waals surface area contributed by atoms with Crippen LogP contribution in [-0.2, 0) is 0 Å². The van der Waals surface area contributed by atoms with Crippen molar-refractivity contribution in [2.24, 2.45) is 0 Å². The molecule has 0 saturated heterocycles. The predicted molar refractivity (Wildman–Crippen MR) is 65.2 cm³/mol. The molecule has 0 unspecified atom stereocenters. The van der Waals surface area contributed by atoms with E-state index in [1.807, 2.05) is 0 Å². The summed E-state index contributed by atoms with van der Waals surface area (Å²) in [7, 11) is 0. The Balaban J connectivity index is 2.79. The lowest BCUT2D eigenvalue weighted by Crippen LogP contribution is -2.22. The largest absolute Gasteiger partial charge is 0.321 e. The van der Waals surface area contributed by atoms with E-state index in [9.17, 15) is 4.79 Å². The third-order valence-corrected chi connectivity index (χ3v) is 1.96. The lowest BCUT2D eigenvalue weighted by Gasteiger charge is -2.04. The van der Waals surface area contributed by atoms with Crippen molar-refractivity contribution in [1.29, 1.82) is 0 Å².